The summed E-state index contributed by atoms with van der Waals surface area (Å²) in [6.07, 6.45) is -2.13. The van der Waals surface area contributed by atoms with Crippen molar-refractivity contribution in [3.05, 3.63) is 58.8 Å². The summed E-state index contributed by atoms with van der Waals surface area (Å²) in [5.74, 6) is -4.57. The fourth-order valence-electron chi connectivity index (χ4n) is 3.21. The Morgan fingerprint density at radius 2 is 1.64 bits per heavy atom. The average Bonchev–Trinajstić information content (AvgIpc) is 3.56. The molecule has 3 aromatic rings. The first-order valence-corrected chi connectivity index (χ1v) is 11.0. The number of H-pyrrole nitrogens is 1. The smallest absolute Gasteiger partial charge is 0.475 e. The average molecular weight is 538 g/mol. The molecule has 36 heavy (non-hydrogen) atoms. The van der Waals surface area contributed by atoms with Gasteiger partial charge in [0.15, 0.2) is 0 Å². The number of carbonyl (C=O) groups is 2. The van der Waals surface area contributed by atoms with Crippen LogP contribution in [0.15, 0.2) is 48.2 Å². The van der Waals surface area contributed by atoms with E-state index in [1.165, 1.54) is 29.0 Å². The van der Waals surface area contributed by atoms with Gasteiger partial charge in [0.05, 0.1) is 6.04 Å². The van der Waals surface area contributed by atoms with Crippen LogP contribution in [-0.4, -0.2) is 60.9 Å². The number of benzene rings is 1. The Kier molecular flexibility index (Phi) is 9.98. The molecule has 4 rings (SSSR count). The third-order valence-electron chi connectivity index (χ3n) is 4.73. The second kappa shape index (κ2) is 12.5. The minimum atomic E-state index is -5.08. The first kappa shape index (κ1) is 28.8. The number of aliphatic carboxylic acids is 2. The number of aromatic nitrogens is 3. The van der Waals surface area contributed by atoms with Gasteiger partial charge in [0, 0.05) is 36.1 Å². The van der Waals surface area contributed by atoms with E-state index in [4.69, 9.17) is 19.8 Å². The molecule has 2 aromatic heterocycles. The largest absolute Gasteiger partial charge is 0.490 e. The van der Waals surface area contributed by atoms with Crippen molar-refractivity contribution in [3.8, 4) is 11.4 Å². The third kappa shape index (κ3) is 8.64. The molecule has 0 spiro atoms. The number of hydrogen-bond acceptors (Lipinski definition) is 6. The fourth-order valence-corrected chi connectivity index (χ4v) is 4.02. The van der Waals surface area contributed by atoms with Crippen LogP contribution in [0.1, 0.15) is 29.5 Å². The van der Waals surface area contributed by atoms with E-state index in [2.05, 4.69) is 49.5 Å². The summed E-state index contributed by atoms with van der Waals surface area (Å²) in [5, 5.41) is 17.6. The Labute approximate surface area is 204 Å². The monoisotopic (exact) mass is 538 g/mol. The van der Waals surface area contributed by atoms with Gasteiger partial charge in [0.1, 0.15) is 10.8 Å². The molecule has 3 heterocycles. The highest BCUT2D eigenvalue weighted by Crippen LogP contribution is 2.35. The van der Waals surface area contributed by atoms with E-state index in [-0.39, 0.29) is 0 Å². The number of nitrogens with zero attached hydrogens (tertiary/aromatic N) is 3. The zero-order chi connectivity index (χ0) is 26.9. The molecule has 0 bridgehead atoms. The Morgan fingerprint density at radius 1 is 1.03 bits per heavy atom. The molecule has 0 aliphatic carbocycles. The van der Waals surface area contributed by atoms with Crippen LogP contribution in [0.5, 0.6) is 0 Å². The van der Waals surface area contributed by atoms with E-state index in [1.54, 1.807) is 17.5 Å². The van der Waals surface area contributed by atoms with Gasteiger partial charge in [0.25, 0.3) is 0 Å². The lowest BCUT2D eigenvalue weighted by Gasteiger charge is -2.23. The number of alkyl halides is 6. The maximum atomic E-state index is 10.6. The van der Waals surface area contributed by atoms with Crippen LogP contribution < -0.4 is 0 Å². The molecule has 1 unspecified atom stereocenters. The summed E-state index contributed by atoms with van der Waals surface area (Å²) in [5.41, 5.74) is 2.51. The number of imidazole rings is 1. The van der Waals surface area contributed by atoms with Crippen molar-refractivity contribution in [1.29, 1.82) is 0 Å². The Bertz CT molecular complexity index is 1080. The Morgan fingerprint density at radius 3 is 2.14 bits per heavy atom. The highest BCUT2D eigenvalue weighted by atomic mass is 32.1. The summed E-state index contributed by atoms with van der Waals surface area (Å²) in [4.78, 5) is 32.5. The van der Waals surface area contributed by atoms with Crippen LogP contribution in [0.4, 0.5) is 26.3 Å². The molecule has 3 N–H and O–H groups in total. The van der Waals surface area contributed by atoms with E-state index in [0.29, 0.717) is 6.04 Å². The third-order valence-corrected chi connectivity index (χ3v) is 5.61. The van der Waals surface area contributed by atoms with Crippen molar-refractivity contribution in [3.63, 3.8) is 0 Å². The van der Waals surface area contributed by atoms with Gasteiger partial charge in [-0.2, -0.15) is 26.3 Å². The van der Waals surface area contributed by atoms with Gasteiger partial charge in [-0.15, -0.1) is 11.3 Å². The van der Waals surface area contributed by atoms with Gasteiger partial charge >= 0.3 is 24.3 Å². The maximum Gasteiger partial charge on any atom is 0.490 e. The number of aromatic amines is 1. The predicted molar refractivity (Wildman–Crippen MR) is 116 cm³/mol. The summed E-state index contributed by atoms with van der Waals surface area (Å²) in [6, 6.07) is 8.99. The van der Waals surface area contributed by atoms with Gasteiger partial charge in [-0.25, -0.2) is 19.6 Å². The lowest BCUT2D eigenvalue weighted by Crippen LogP contribution is -2.23. The standard InChI is InChI=1S/C17H18N4S.2C2HF3O2/c1-2-5-14(16-18-7-8-19-16)13(4-1)12-21-10-3-6-15(21)17-20-9-11-22-17;2*3-2(4,5)1(6)7/h1-2,4-5,7-9,11,15H,3,6,10,12H2,(H,18,19);2*(H,6,7). The molecule has 1 saturated heterocycles. The molecule has 1 atom stereocenters. The Balaban J connectivity index is 0.000000271. The molecule has 196 valence electrons. The predicted octanol–water partition coefficient (Wildman–Crippen LogP) is 5.14. The van der Waals surface area contributed by atoms with Crippen LogP contribution in [0.3, 0.4) is 0 Å². The van der Waals surface area contributed by atoms with Crippen molar-refractivity contribution in [2.24, 2.45) is 0 Å². The molecule has 0 saturated carbocycles. The molecule has 15 heteroatoms. The van der Waals surface area contributed by atoms with Gasteiger partial charge < -0.3 is 15.2 Å². The molecular weight excluding hydrogens is 518 g/mol. The van der Waals surface area contributed by atoms with Gasteiger partial charge in [-0.05, 0) is 24.9 Å². The number of hydrogen-bond donors (Lipinski definition) is 3. The lowest BCUT2D eigenvalue weighted by atomic mass is 10.1. The van der Waals surface area contributed by atoms with E-state index < -0.39 is 24.3 Å². The number of halogens is 6. The summed E-state index contributed by atoms with van der Waals surface area (Å²) >= 11 is 1.77. The van der Waals surface area contributed by atoms with Gasteiger partial charge in [0.2, 0.25) is 0 Å². The minimum absolute atomic E-state index is 0.463. The van der Waals surface area contributed by atoms with E-state index >= 15 is 0 Å². The highest BCUT2D eigenvalue weighted by molar-refractivity contribution is 7.09. The first-order valence-electron chi connectivity index (χ1n) is 10.1. The van der Waals surface area contributed by atoms with Gasteiger partial charge in [-0.1, -0.05) is 24.3 Å². The zero-order valence-electron chi connectivity index (χ0n) is 18.3. The van der Waals surface area contributed by atoms with E-state index in [0.717, 1.165) is 18.9 Å². The molecule has 1 fully saturated rings. The summed E-state index contributed by atoms with van der Waals surface area (Å²) < 4.78 is 63.5. The van der Waals surface area contributed by atoms with Crippen LogP contribution in [0, 0.1) is 0 Å². The van der Waals surface area contributed by atoms with Crippen molar-refractivity contribution in [2.45, 2.75) is 37.8 Å². The lowest BCUT2D eigenvalue weighted by molar-refractivity contribution is -0.193. The summed E-state index contributed by atoms with van der Waals surface area (Å²) in [7, 11) is 0. The Hall–Kier alpha value is -3.46. The van der Waals surface area contributed by atoms with Crippen molar-refractivity contribution in [1.82, 2.24) is 19.9 Å². The number of carboxylic acids is 2. The number of thiazole rings is 1. The van der Waals surface area contributed by atoms with Crippen LogP contribution in [-0.2, 0) is 16.1 Å². The van der Waals surface area contributed by atoms with E-state index in [9.17, 15) is 26.3 Å². The highest BCUT2D eigenvalue weighted by Gasteiger charge is 2.38. The normalized spacial score (nSPS) is 15.9. The quantitative estimate of drug-likeness (QED) is 0.394. The number of likely N-dealkylation sites (tertiary alicyclic amines) is 1. The van der Waals surface area contributed by atoms with Crippen molar-refractivity contribution >= 4 is 23.3 Å². The zero-order valence-corrected chi connectivity index (χ0v) is 19.1. The van der Waals surface area contributed by atoms with E-state index in [1.807, 2.05) is 12.4 Å². The van der Waals surface area contributed by atoms with Crippen molar-refractivity contribution in [2.75, 3.05) is 6.54 Å². The SMILES string of the molecule is O=C(O)C(F)(F)F.O=C(O)C(F)(F)F.c1ccc(-c2ncc[nH]2)c(CN2CCCC2c2nccs2)c1. The summed E-state index contributed by atoms with van der Waals surface area (Å²) in [6.45, 7) is 2.08. The molecule has 8 nitrogen and oxygen atoms in total. The molecule has 0 radical (unpaired) electrons. The van der Waals surface area contributed by atoms with Crippen LogP contribution in [0.2, 0.25) is 0 Å². The molecule has 1 aromatic carbocycles. The molecular formula is C21H20F6N4O4S. The molecule has 1 aliphatic heterocycles. The minimum Gasteiger partial charge on any atom is -0.475 e. The van der Waals surface area contributed by atoms with Crippen LogP contribution in [0.25, 0.3) is 11.4 Å². The number of nitrogens with one attached hydrogen (secondary N) is 1. The fraction of sp³-hybridized carbons (Fsp3) is 0.333. The number of carboxylic acid groups (broad SMARTS) is 2. The number of rotatable bonds is 4. The van der Waals surface area contributed by atoms with Crippen molar-refractivity contribution < 1.29 is 46.1 Å². The first-order chi connectivity index (χ1) is 16.8. The van der Waals surface area contributed by atoms with Crippen LogP contribution >= 0.6 is 11.3 Å². The second-order valence-electron chi connectivity index (χ2n) is 7.20. The van der Waals surface area contributed by atoms with Gasteiger partial charge in [-0.3, -0.25) is 4.90 Å². The second-order valence-corrected chi connectivity index (χ2v) is 8.13. The molecule has 1 aliphatic rings. The molecule has 0 amide bonds. The topological polar surface area (TPSA) is 119 Å². The maximum absolute atomic E-state index is 10.6.